The first-order valence-corrected chi connectivity index (χ1v) is 8.02. The van der Waals surface area contributed by atoms with Crippen LogP contribution in [0.2, 0.25) is 0 Å². The lowest BCUT2D eigenvalue weighted by molar-refractivity contribution is 0.598. The molecule has 0 aliphatic carbocycles. The van der Waals surface area contributed by atoms with Crippen LogP contribution in [-0.4, -0.2) is 8.42 Å². The van der Waals surface area contributed by atoms with Gasteiger partial charge in [-0.1, -0.05) is 6.07 Å². The molecule has 2 rings (SSSR count). The molecule has 0 fully saturated rings. The number of sulfonamides is 1. The largest absolute Gasteiger partial charge is 0.399 e. The first kappa shape index (κ1) is 13.9. The normalized spacial score (nSPS) is 13.2. The summed E-state index contributed by atoms with van der Waals surface area (Å²) in [4.78, 5) is 1.16. The average molecular weight is 297 g/mol. The van der Waals surface area contributed by atoms with Crippen molar-refractivity contribution >= 4 is 32.7 Å². The van der Waals surface area contributed by atoms with Crippen LogP contribution in [0.15, 0.2) is 40.6 Å². The molecule has 0 radical (unpaired) electrons. The molecule has 102 valence electrons. The second-order valence-electron chi connectivity index (χ2n) is 4.22. The van der Waals surface area contributed by atoms with Crippen LogP contribution in [0.3, 0.4) is 0 Å². The number of hydrogen-bond donors (Lipinski definition) is 3. The van der Waals surface area contributed by atoms with E-state index in [9.17, 15) is 8.42 Å². The Morgan fingerprint density at radius 3 is 2.63 bits per heavy atom. The molecule has 1 atom stereocenters. The Bertz CT molecular complexity index is 666. The monoisotopic (exact) mass is 297 g/mol. The minimum Gasteiger partial charge on any atom is -0.399 e. The van der Waals surface area contributed by atoms with E-state index in [4.69, 9.17) is 10.9 Å². The molecule has 0 amide bonds. The highest BCUT2D eigenvalue weighted by Crippen LogP contribution is 2.26. The Morgan fingerprint density at radius 2 is 2.05 bits per heavy atom. The van der Waals surface area contributed by atoms with Gasteiger partial charge in [0.15, 0.2) is 0 Å². The lowest BCUT2D eigenvalue weighted by atomic mass is 10.2. The van der Waals surface area contributed by atoms with Crippen molar-refractivity contribution in [3.05, 3.63) is 40.6 Å². The van der Waals surface area contributed by atoms with Gasteiger partial charge in [-0.25, -0.2) is 13.6 Å². The second-order valence-corrected chi connectivity index (χ2v) is 6.76. The molecule has 7 heteroatoms. The van der Waals surface area contributed by atoms with E-state index >= 15 is 0 Å². The summed E-state index contributed by atoms with van der Waals surface area (Å²) in [7, 11) is -3.75. The molecule has 0 saturated carbocycles. The van der Waals surface area contributed by atoms with E-state index in [0.29, 0.717) is 11.4 Å². The van der Waals surface area contributed by atoms with Gasteiger partial charge in [0, 0.05) is 16.3 Å². The van der Waals surface area contributed by atoms with Crippen LogP contribution in [0.5, 0.6) is 0 Å². The van der Waals surface area contributed by atoms with Crippen molar-refractivity contribution in [2.75, 3.05) is 11.1 Å². The molecule has 5 N–H and O–H groups in total. The van der Waals surface area contributed by atoms with Crippen LogP contribution in [-0.2, 0) is 10.0 Å². The number of nitrogen functional groups attached to an aromatic ring is 1. The number of nitrogens with one attached hydrogen (secondary N) is 1. The fourth-order valence-electron chi connectivity index (χ4n) is 1.73. The fourth-order valence-corrected chi connectivity index (χ4v) is 3.05. The highest BCUT2D eigenvalue weighted by molar-refractivity contribution is 7.89. The number of thiophene rings is 1. The quantitative estimate of drug-likeness (QED) is 0.753. The van der Waals surface area contributed by atoms with Gasteiger partial charge in [0.25, 0.3) is 0 Å². The predicted molar refractivity (Wildman–Crippen MR) is 78.6 cm³/mol. The van der Waals surface area contributed by atoms with Crippen LogP contribution in [0.4, 0.5) is 11.4 Å². The third kappa shape index (κ3) is 3.46. The molecule has 0 bridgehead atoms. The second kappa shape index (κ2) is 5.20. The topological polar surface area (TPSA) is 98.2 Å². The van der Waals surface area contributed by atoms with Crippen LogP contribution in [0.25, 0.3) is 0 Å². The maximum atomic E-state index is 11.3. The highest BCUT2D eigenvalue weighted by Gasteiger charge is 2.12. The molecule has 1 unspecified atom stereocenters. The van der Waals surface area contributed by atoms with Crippen molar-refractivity contribution in [3.63, 3.8) is 0 Å². The summed E-state index contributed by atoms with van der Waals surface area (Å²) < 4.78 is 22.7. The van der Waals surface area contributed by atoms with Crippen LogP contribution in [0.1, 0.15) is 17.8 Å². The number of primary sulfonamides is 1. The van der Waals surface area contributed by atoms with Crippen molar-refractivity contribution < 1.29 is 8.42 Å². The molecule has 0 aliphatic heterocycles. The number of nitrogens with two attached hydrogens (primary N) is 2. The number of hydrogen-bond acceptors (Lipinski definition) is 5. The Labute approximate surface area is 116 Å². The van der Waals surface area contributed by atoms with Gasteiger partial charge in [0.05, 0.1) is 10.9 Å². The predicted octanol–water partition coefficient (Wildman–Crippen LogP) is 2.15. The molecule has 0 aliphatic rings. The van der Waals surface area contributed by atoms with E-state index in [1.54, 1.807) is 17.4 Å². The zero-order valence-corrected chi connectivity index (χ0v) is 12.0. The summed E-state index contributed by atoms with van der Waals surface area (Å²) in [6.45, 7) is 1.99. The fraction of sp³-hybridized carbons (Fsp3) is 0.167. The zero-order valence-electron chi connectivity index (χ0n) is 10.3. The lowest BCUT2D eigenvalue weighted by Crippen LogP contribution is -2.13. The summed E-state index contributed by atoms with van der Waals surface area (Å²) >= 11 is 1.63. The number of rotatable bonds is 4. The van der Waals surface area contributed by atoms with Crippen molar-refractivity contribution in [1.29, 1.82) is 0 Å². The van der Waals surface area contributed by atoms with Gasteiger partial charge in [-0.15, -0.1) is 11.3 Å². The van der Waals surface area contributed by atoms with Gasteiger partial charge in [-0.05, 0) is 36.6 Å². The Balaban J connectivity index is 2.28. The van der Waals surface area contributed by atoms with Crippen molar-refractivity contribution in [3.8, 4) is 0 Å². The standard InChI is InChI=1S/C12H15N3O2S2/c1-8(12-3-2-4-18-12)15-10-5-9(13)6-11(7-10)19(14,16)17/h2-8,15H,13H2,1H3,(H2,14,16,17). The van der Waals surface area contributed by atoms with E-state index in [1.165, 1.54) is 12.1 Å². The van der Waals surface area contributed by atoms with Crippen LogP contribution < -0.4 is 16.2 Å². The van der Waals surface area contributed by atoms with Gasteiger partial charge < -0.3 is 11.1 Å². The molecule has 1 aromatic carbocycles. The van der Waals surface area contributed by atoms with E-state index < -0.39 is 10.0 Å². The molecule has 1 aromatic heterocycles. The molecular weight excluding hydrogens is 282 g/mol. The van der Waals surface area contributed by atoms with Gasteiger partial charge in [0.1, 0.15) is 0 Å². The minimum atomic E-state index is -3.75. The van der Waals surface area contributed by atoms with Crippen molar-refractivity contribution in [2.24, 2.45) is 5.14 Å². The van der Waals surface area contributed by atoms with Gasteiger partial charge in [-0.2, -0.15) is 0 Å². The maximum Gasteiger partial charge on any atom is 0.238 e. The smallest absolute Gasteiger partial charge is 0.238 e. The maximum absolute atomic E-state index is 11.3. The molecular formula is C12H15N3O2S2. The van der Waals surface area contributed by atoms with Crippen LogP contribution >= 0.6 is 11.3 Å². The van der Waals surface area contributed by atoms with Gasteiger partial charge in [0.2, 0.25) is 10.0 Å². The van der Waals surface area contributed by atoms with Crippen molar-refractivity contribution in [2.45, 2.75) is 17.9 Å². The summed E-state index contributed by atoms with van der Waals surface area (Å²) in [5, 5.41) is 10.3. The molecule has 5 nitrogen and oxygen atoms in total. The van der Waals surface area contributed by atoms with E-state index in [-0.39, 0.29) is 10.9 Å². The summed E-state index contributed by atoms with van der Waals surface area (Å²) in [6, 6.07) is 8.54. The van der Waals surface area contributed by atoms with Crippen molar-refractivity contribution in [1.82, 2.24) is 0 Å². The first-order chi connectivity index (χ1) is 8.86. The molecule has 0 saturated heterocycles. The molecule has 19 heavy (non-hydrogen) atoms. The minimum absolute atomic E-state index is 0.00776. The molecule has 0 spiro atoms. The van der Waals surface area contributed by atoms with Gasteiger partial charge >= 0.3 is 0 Å². The van der Waals surface area contributed by atoms with Crippen LogP contribution in [0, 0.1) is 0 Å². The van der Waals surface area contributed by atoms with Gasteiger partial charge in [-0.3, -0.25) is 0 Å². The van der Waals surface area contributed by atoms with E-state index in [2.05, 4.69) is 5.32 Å². The number of anilines is 2. The highest BCUT2D eigenvalue weighted by atomic mass is 32.2. The third-order valence-corrected chi connectivity index (χ3v) is 4.56. The first-order valence-electron chi connectivity index (χ1n) is 5.59. The average Bonchev–Trinajstić information content (AvgIpc) is 2.80. The van der Waals surface area contributed by atoms with E-state index in [0.717, 1.165) is 4.88 Å². The molecule has 1 heterocycles. The summed E-state index contributed by atoms with van der Waals surface area (Å²) in [5.41, 5.74) is 6.68. The van der Waals surface area contributed by atoms with E-state index in [1.807, 2.05) is 24.4 Å². The number of benzene rings is 1. The summed E-state index contributed by atoms with van der Waals surface area (Å²) in [5.74, 6) is 0. The SMILES string of the molecule is CC(Nc1cc(N)cc(S(N)(=O)=O)c1)c1cccs1. The Hall–Kier alpha value is -1.57. The molecule has 2 aromatic rings. The Kier molecular flexibility index (Phi) is 3.79. The Morgan fingerprint density at radius 1 is 1.32 bits per heavy atom. The third-order valence-electron chi connectivity index (χ3n) is 2.61. The lowest BCUT2D eigenvalue weighted by Gasteiger charge is -2.15. The summed E-state index contributed by atoms with van der Waals surface area (Å²) in [6.07, 6.45) is 0. The zero-order chi connectivity index (χ0) is 14.0.